The molecule has 0 saturated heterocycles. The predicted molar refractivity (Wildman–Crippen MR) is 67.1 cm³/mol. The summed E-state index contributed by atoms with van der Waals surface area (Å²) in [4.78, 5) is 17.8. The largest absolute Gasteiger partial charge is 0.481 e. The highest BCUT2D eigenvalue weighted by Gasteiger charge is 2.15. The summed E-state index contributed by atoms with van der Waals surface area (Å²) >= 11 is 0. The molecular formula is C13H16N2O2. The maximum atomic E-state index is 12.1. The van der Waals surface area contributed by atoms with Gasteiger partial charge in [-0.3, -0.25) is 4.79 Å². The molecule has 17 heavy (non-hydrogen) atoms. The van der Waals surface area contributed by atoms with Gasteiger partial charge in [-0.25, -0.2) is 4.98 Å². The summed E-state index contributed by atoms with van der Waals surface area (Å²) in [6.07, 6.45) is 3.34. The van der Waals surface area contributed by atoms with Crippen LogP contribution < -0.4 is 4.74 Å². The maximum Gasteiger partial charge on any atom is 0.273 e. The Morgan fingerprint density at radius 1 is 1.41 bits per heavy atom. The van der Waals surface area contributed by atoms with Gasteiger partial charge in [-0.2, -0.15) is 0 Å². The molecule has 1 amide bonds. The lowest BCUT2D eigenvalue weighted by Gasteiger charge is -2.18. The number of amides is 1. The predicted octanol–water partition coefficient (Wildman–Crippen LogP) is 1.90. The fourth-order valence-electron chi connectivity index (χ4n) is 1.36. The van der Waals surface area contributed by atoms with Crippen LogP contribution in [-0.4, -0.2) is 36.0 Å². The number of aromatic nitrogens is 1. The average molecular weight is 232 g/mol. The van der Waals surface area contributed by atoms with Gasteiger partial charge >= 0.3 is 0 Å². The molecule has 1 aromatic rings. The van der Waals surface area contributed by atoms with Crippen LogP contribution in [0, 0.1) is 0 Å². The second-order valence-electron chi connectivity index (χ2n) is 3.35. The standard InChI is InChI=1S/C13H16N2O2/c1-4-9-15(10-5-2)13(16)11-7-6-8-12(14-11)17-3/h4-8H,1-2,9-10H2,3H3. The summed E-state index contributed by atoms with van der Waals surface area (Å²) in [5, 5.41) is 0. The van der Waals surface area contributed by atoms with Crippen molar-refractivity contribution in [3.63, 3.8) is 0 Å². The first-order valence-corrected chi connectivity index (χ1v) is 5.25. The van der Waals surface area contributed by atoms with E-state index in [0.29, 0.717) is 24.7 Å². The van der Waals surface area contributed by atoms with E-state index in [1.165, 1.54) is 7.11 Å². The van der Waals surface area contributed by atoms with Gasteiger partial charge in [-0.15, -0.1) is 13.2 Å². The Kier molecular flexibility index (Phi) is 4.94. The molecule has 4 nitrogen and oxygen atoms in total. The number of hydrogen-bond acceptors (Lipinski definition) is 3. The normalized spacial score (nSPS) is 9.47. The van der Waals surface area contributed by atoms with E-state index >= 15 is 0 Å². The van der Waals surface area contributed by atoms with E-state index in [-0.39, 0.29) is 5.91 Å². The Morgan fingerprint density at radius 3 is 2.59 bits per heavy atom. The first-order valence-electron chi connectivity index (χ1n) is 5.25. The molecule has 0 aliphatic rings. The molecule has 0 aromatic carbocycles. The van der Waals surface area contributed by atoms with Gasteiger partial charge in [0.05, 0.1) is 7.11 Å². The van der Waals surface area contributed by atoms with Crippen molar-refractivity contribution in [2.45, 2.75) is 0 Å². The van der Waals surface area contributed by atoms with Crippen LogP contribution in [0.1, 0.15) is 10.5 Å². The van der Waals surface area contributed by atoms with Crippen LogP contribution in [0.3, 0.4) is 0 Å². The molecule has 0 aliphatic carbocycles. The zero-order chi connectivity index (χ0) is 12.7. The molecule has 0 N–H and O–H groups in total. The number of methoxy groups -OCH3 is 1. The number of nitrogens with zero attached hydrogens (tertiary/aromatic N) is 2. The van der Waals surface area contributed by atoms with Gasteiger partial charge in [-0.05, 0) is 6.07 Å². The first-order chi connectivity index (χ1) is 8.22. The topological polar surface area (TPSA) is 42.4 Å². The number of carbonyl (C=O) groups is 1. The SMILES string of the molecule is C=CCN(CC=C)C(=O)c1cccc(OC)n1. The van der Waals surface area contributed by atoms with Gasteiger partial charge in [0.25, 0.3) is 5.91 Å². The van der Waals surface area contributed by atoms with Gasteiger partial charge in [0.15, 0.2) is 0 Å². The van der Waals surface area contributed by atoms with Crippen LogP contribution in [0.2, 0.25) is 0 Å². The fraction of sp³-hybridized carbons (Fsp3) is 0.231. The maximum absolute atomic E-state index is 12.1. The van der Waals surface area contributed by atoms with Crippen molar-refractivity contribution >= 4 is 5.91 Å². The minimum absolute atomic E-state index is 0.163. The van der Waals surface area contributed by atoms with Gasteiger partial charge in [0, 0.05) is 19.2 Å². The molecule has 0 radical (unpaired) electrons. The number of pyridine rings is 1. The molecule has 0 saturated carbocycles. The minimum atomic E-state index is -0.163. The van der Waals surface area contributed by atoms with Crippen molar-refractivity contribution in [1.29, 1.82) is 0 Å². The van der Waals surface area contributed by atoms with Crippen LogP contribution in [0.5, 0.6) is 5.88 Å². The zero-order valence-corrected chi connectivity index (χ0v) is 9.93. The molecule has 0 bridgehead atoms. The summed E-state index contributed by atoms with van der Waals surface area (Å²) in [5.74, 6) is 0.261. The van der Waals surface area contributed by atoms with Crippen molar-refractivity contribution in [3.8, 4) is 5.88 Å². The smallest absolute Gasteiger partial charge is 0.273 e. The Hall–Kier alpha value is -2.10. The number of carbonyl (C=O) groups excluding carboxylic acids is 1. The number of rotatable bonds is 6. The molecule has 1 rings (SSSR count). The van der Waals surface area contributed by atoms with E-state index in [9.17, 15) is 4.79 Å². The zero-order valence-electron chi connectivity index (χ0n) is 9.93. The number of hydrogen-bond donors (Lipinski definition) is 0. The minimum Gasteiger partial charge on any atom is -0.481 e. The molecule has 1 heterocycles. The molecule has 0 fully saturated rings. The third-order valence-electron chi connectivity index (χ3n) is 2.14. The lowest BCUT2D eigenvalue weighted by atomic mass is 10.3. The second kappa shape index (κ2) is 6.48. The lowest BCUT2D eigenvalue weighted by Crippen LogP contribution is -2.31. The second-order valence-corrected chi connectivity index (χ2v) is 3.35. The van der Waals surface area contributed by atoms with Crippen LogP contribution in [0.15, 0.2) is 43.5 Å². The van der Waals surface area contributed by atoms with Crippen LogP contribution >= 0.6 is 0 Å². The van der Waals surface area contributed by atoms with Crippen LogP contribution in [0.25, 0.3) is 0 Å². The van der Waals surface area contributed by atoms with E-state index in [2.05, 4.69) is 18.1 Å². The van der Waals surface area contributed by atoms with Crippen molar-refractivity contribution in [2.24, 2.45) is 0 Å². The third-order valence-corrected chi connectivity index (χ3v) is 2.14. The Balaban J connectivity index is 2.91. The van der Waals surface area contributed by atoms with Crippen molar-refractivity contribution in [2.75, 3.05) is 20.2 Å². The summed E-state index contributed by atoms with van der Waals surface area (Å²) in [5.41, 5.74) is 0.355. The van der Waals surface area contributed by atoms with Gasteiger partial charge in [0.2, 0.25) is 5.88 Å². The summed E-state index contributed by atoms with van der Waals surface area (Å²) in [6, 6.07) is 5.09. The van der Waals surface area contributed by atoms with E-state index < -0.39 is 0 Å². The third kappa shape index (κ3) is 3.45. The average Bonchev–Trinajstić information content (AvgIpc) is 2.38. The molecule has 90 valence electrons. The Morgan fingerprint density at radius 2 is 2.06 bits per heavy atom. The van der Waals surface area contributed by atoms with E-state index in [0.717, 1.165) is 0 Å². The molecule has 0 spiro atoms. The van der Waals surface area contributed by atoms with Crippen molar-refractivity contribution in [3.05, 3.63) is 49.2 Å². The fourth-order valence-corrected chi connectivity index (χ4v) is 1.36. The molecule has 0 aliphatic heterocycles. The quantitative estimate of drug-likeness (QED) is 0.703. The summed E-state index contributed by atoms with van der Waals surface area (Å²) in [7, 11) is 1.52. The number of ether oxygens (including phenoxy) is 1. The van der Waals surface area contributed by atoms with Crippen LogP contribution in [0.4, 0.5) is 0 Å². The summed E-state index contributed by atoms with van der Waals surface area (Å²) in [6.45, 7) is 8.16. The highest BCUT2D eigenvalue weighted by molar-refractivity contribution is 5.92. The molecule has 0 atom stereocenters. The lowest BCUT2D eigenvalue weighted by molar-refractivity contribution is 0.0784. The highest BCUT2D eigenvalue weighted by atomic mass is 16.5. The molecule has 1 aromatic heterocycles. The van der Waals surface area contributed by atoms with Gasteiger partial charge in [-0.1, -0.05) is 18.2 Å². The molecular weight excluding hydrogens is 216 g/mol. The van der Waals surface area contributed by atoms with Gasteiger partial charge < -0.3 is 9.64 Å². The Bertz CT molecular complexity index is 406. The van der Waals surface area contributed by atoms with Crippen molar-refractivity contribution < 1.29 is 9.53 Å². The van der Waals surface area contributed by atoms with E-state index in [4.69, 9.17) is 4.74 Å². The highest BCUT2D eigenvalue weighted by Crippen LogP contribution is 2.09. The van der Waals surface area contributed by atoms with Crippen molar-refractivity contribution in [1.82, 2.24) is 9.88 Å². The Labute approximate surface area is 101 Å². The molecule has 0 unspecified atom stereocenters. The van der Waals surface area contributed by atoms with E-state index in [1.807, 2.05) is 0 Å². The monoisotopic (exact) mass is 232 g/mol. The molecule has 4 heteroatoms. The van der Waals surface area contributed by atoms with Crippen LogP contribution in [-0.2, 0) is 0 Å². The van der Waals surface area contributed by atoms with E-state index in [1.54, 1.807) is 35.3 Å². The first kappa shape index (κ1) is 13.0. The summed E-state index contributed by atoms with van der Waals surface area (Å²) < 4.78 is 4.98. The van der Waals surface area contributed by atoms with Gasteiger partial charge in [0.1, 0.15) is 5.69 Å².